The molecule has 1 aromatic rings. The quantitative estimate of drug-likeness (QED) is 0.540. The Labute approximate surface area is 156 Å². The first-order valence-electron chi connectivity index (χ1n) is 8.39. The van der Waals surface area contributed by atoms with Crippen LogP contribution in [0, 0.1) is 0 Å². The summed E-state index contributed by atoms with van der Waals surface area (Å²) in [4.78, 5) is 6.07. The molecule has 11 heteroatoms. The molecular formula is C16H23F3N4O3S. The predicted molar refractivity (Wildman–Crippen MR) is 96.4 cm³/mol. The Morgan fingerprint density at radius 1 is 1.22 bits per heavy atom. The van der Waals surface area contributed by atoms with Crippen LogP contribution >= 0.6 is 0 Å². The van der Waals surface area contributed by atoms with Crippen molar-refractivity contribution >= 4 is 15.8 Å². The van der Waals surface area contributed by atoms with Crippen molar-refractivity contribution in [3.8, 4) is 5.75 Å². The summed E-state index contributed by atoms with van der Waals surface area (Å²) in [6.07, 6.45) is -4.75. The van der Waals surface area contributed by atoms with E-state index in [0.29, 0.717) is 37.7 Å². The fourth-order valence-corrected chi connectivity index (χ4v) is 3.86. The number of ether oxygens (including phenoxy) is 1. The highest BCUT2D eigenvalue weighted by Crippen LogP contribution is 2.25. The van der Waals surface area contributed by atoms with Crippen molar-refractivity contribution in [2.24, 2.45) is 4.99 Å². The molecule has 7 nitrogen and oxygen atoms in total. The molecule has 2 rings (SSSR count). The average Bonchev–Trinajstić information content (AvgIpc) is 2.59. The number of sulfone groups is 1. The molecule has 1 saturated heterocycles. The molecule has 1 aliphatic rings. The van der Waals surface area contributed by atoms with Crippen LogP contribution in [0.4, 0.5) is 13.2 Å². The van der Waals surface area contributed by atoms with E-state index >= 15 is 0 Å². The number of nitrogens with one attached hydrogen (secondary N) is 2. The molecule has 1 heterocycles. The summed E-state index contributed by atoms with van der Waals surface area (Å²) in [6, 6.07) is 5.89. The summed E-state index contributed by atoms with van der Waals surface area (Å²) >= 11 is 0. The lowest BCUT2D eigenvalue weighted by Crippen LogP contribution is -2.45. The van der Waals surface area contributed by atoms with E-state index in [4.69, 9.17) is 0 Å². The standard InChI is InChI=1S/C16H23F3N4O3S/c1-20-15(21-6-7-23-8-10-27(24,25)11-9-23)22-12-13-4-2-3-5-14(13)26-16(17,18)19/h2-5H,6-12H2,1H3,(H2,20,21,22). The molecule has 1 aromatic carbocycles. The first-order valence-corrected chi connectivity index (χ1v) is 10.2. The monoisotopic (exact) mass is 408 g/mol. The van der Waals surface area contributed by atoms with Crippen LogP contribution in [0.2, 0.25) is 0 Å². The van der Waals surface area contributed by atoms with E-state index in [1.165, 1.54) is 18.2 Å². The van der Waals surface area contributed by atoms with Gasteiger partial charge in [-0.3, -0.25) is 9.89 Å². The van der Waals surface area contributed by atoms with Gasteiger partial charge in [0, 0.05) is 45.3 Å². The van der Waals surface area contributed by atoms with Gasteiger partial charge in [-0.2, -0.15) is 0 Å². The van der Waals surface area contributed by atoms with Crippen LogP contribution in [0.15, 0.2) is 29.3 Å². The highest BCUT2D eigenvalue weighted by molar-refractivity contribution is 7.91. The van der Waals surface area contributed by atoms with Crippen molar-refractivity contribution < 1.29 is 26.3 Å². The van der Waals surface area contributed by atoms with Crippen molar-refractivity contribution in [3.63, 3.8) is 0 Å². The van der Waals surface area contributed by atoms with Gasteiger partial charge < -0.3 is 15.4 Å². The number of alkyl halides is 3. The Kier molecular flexibility index (Phi) is 7.31. The van der Waals surface area contributed by atoms with E-state index in [9.17, 15) is 21.6 Å². The van der Waals surface area contributed by atoms with Crippen LogP contribution in [-0.4, -0.2) is 70.4 Å². The Balaban J connectivity index is 1.79. The van der Waals surface area contributed by atoms with Crippen molar-refractivity contribution in [3.05, 3.63) is 29.8 Å². The summed E-state index contributed by atoms with van der Waals surface area (Å²) in [5.74, 6) is 0.496. The number of halogens is 3. The fraction of sp³-hybridized carbons (Fsp3) is 0.562. The maximum atomic E-state index is 12.5. The summed E-state index contributed by atoms with van der Waals surface area (Å²) in [5, 5.41) is 6.00. The van der Waals surface area contributed by atoms with Gasteiger partial charge in [0.2, 0.25) is 0 Å². The van der Waals surface area contributed by atoms with Crippen molar-refractivity contribution in [2.75, 3.05) is 44.7 Å². The van der Waals surface area contributed by atoms with Crippen molar-refractivity contribution in [2.45, 2.75) is 12.9 Å². The lowest BCUT2D eigenvalue weighted by molar-refractivity contribution is -0.274. The highest BCUT2D eigenvalue weighted by atomic mass is 32.2. The number of guanidine groups is 1. The molecule has 0 amide bonds. The number of benzene rings is 1. The Bertz CT molecular complexity index is 740. The number of aliphatic imine (C=N–C) groups is 1. The molecular weight excluding hydrogens is 385 g/mol. The maximum Gasteiger partial charge on any atom is 0.573 e. The molecule has 27 heavy (non-hydrogen) atoms. The third kappa shape index (κ3) is 7.63. The second-order valence-electron chi connectivity index (χ2n) is 6.00. The van der Waals surface area contributed by atoms with E-state index in [1.54, 1.807) is 13.1 Å². The molecule has 0 atom stereocenters. The smallest absolute Gasteiger partial charge is 0.405 e. The Morgan fingerprint density at radius 3 is 2.52 bits per heavy atom. The van der Waals surface area contributed by atoms with Gasteiger partial charge in [-0.15, -0.1) is 13.2 Å². The van der Waals surface area contributed by atoms with E-state index in [0.717, 1.165) is 0 Å². The number of hydrogen-bond acceptors (Lipinski definition) is 5. The third-order valence-corrected chi connectivity index (χ3v) is 5.63. The van der Waals surface area contributed by atoms with Crippen LogP contribution in [0.5, 0.6) is 5.75 Å². The summed E-state index contributed by atoms with van der Waals surface area (Å²) in [6.45, 7) is 2.27. The number of rotatable bonds is 6. The SMILES string of the molecule is CN=C(NCCN1CCS(=O)(=O)CC1)NCc1ccccc1OC(F)(F)F. The number of hydrogen-bond donors (Lipinski definition) is 2. The number of para-hydroxylation sites is 1. The first kappa shape index (κ1) is 21.3. The summed E-state index contributed by atoms with van der Waals surface area (Å²) < 4.78 is 64.2. The van der Waals surface area contributed by atoms with Crippen LogP contribution < -0.4 is 15.4 Å². The van der Waals surface area contributed by atoms with Crippen LogP contribution in [0.25, 0.3) is 0 Å². The van der Waals surface area contributed by atoms with Gasteiger partial charge in [-0.1, -0.05) is 18.2 Å². The van der Waals surface area contributed by atoms with Gasteiger partial charge in [0.25, 0.3) is 0 Å². The summed E-state index contributed by atoms with van der Waals surface area (Å²) in [5.41, 5.74) is 0.346. The molecule has 0 radical (unpaired) electrons. The van der Waals surface area contributed by atoms with E-state index in [1.807, 2.05) is 4.90 Å². The van der Waals surface area contributed by atoms with Gasteiger partial charge >= 0.3 is 6.36 Å². The minimum atomic E-state index is -4.75. The van der Waals surface area contributed by atoms with Gasteiger partial charge in [0.05, 0.1) is 11.5 Å². The van der Waals surface area contributed by atoms with Crippen LogP contribution in [0.3, 0.4) is 0 Å². The zero-order valence-corrected chi connectivity index (χ0v) is 15.7. The van der Waals surface area contributed by atoms with Crippen molar-refractivity contribution in [1.29, 1.82) is 0 Å². The van der Waals surface area contributed by atoms with Crippen LogP contribution in [-0.2, 0) is 16.4 Å². The fourth-order valence-electron chi connectivity index (χ4n) is 2.58. The lowest BCUT2D eigenvalue weighted by atomic mass is 10.2. The number of nitrogens with zero attached hydrogens (tertiary/aromatic N) is 2. The summed E-state index contributed by atoms with van der Waals surface area (Å²) in [7, 11) is -1.35. The normalized spacial score (nSPS) is 18.1. The molecule has 0 spiro atoms. The molecule has 2 N–H and O–H groups in total. The molecule has 152 valence electrons. The zero-order chi connectivity index (χ0) is 19.9. The highest BCUT2D eigenvalue weighted by Gasteiger charge is 2.32. The Morgan fingerprint density at radius 2 is 1.89 bits per heavy atom. The molecule has 0 aromatic heterocycles. The predicted octanol–water partition coefficient (Wildman–Crippen LogP) is 0.981. The zero-order valence-electron chi connectivity index (χ0n) is 14.9. The second-order valence-corrected chi connectivity index (χ2v) is 8.31. The average molecular weight is 408 g/mol. The minimum absolute atomic E-state index is 0.105. The van der Waals surface area contributed by atoms with E-state index < -0.39 is 16.2 Å². The van der Waals surface area contributed by atoms with Gasteiger partial charge in [-0.25, -0.2) is 8.42 Å². The van der Waals surface area contributed by atoms with Gasteiger partial charge in [0.15, 0.2) is 15.8 Å². The van der Waals surface area contributed by atoms with Gasteiger partial charge in [-0.05, 0) is 6.07 Å². The molecule has 0 aliphatic carbocycles. The Hall–Kier alpha value is -2.01. The van der Waals surface area contributed by atoms with E-state index in [2.05, 4.69) is 20.4 Å². The minimum Gasteiger partial charge on any atom is -0.405 e. The molecule has 1 fully saturated rings. The second kappa shape index (κ2) is 9.27. The van der Waals surface area contributed by atoms with Crippen molar-refractivity contribution in [1.82, 2.24) is 15.5 Å². The first-order chi connectivity index (χ1) is 12.7. The largest absolute Gasteiger partial charge is 0.573 e. The molecule has 0 saturated carbocycles. The molecule has 1 aliphatic heterocycles. The molecule has 0 unspecified atom stereocenters. The molecule has 0 bridgehead atoms. The lowest BCUT2D eigenvalue weighted by Gasteiger charge is -2.26. The van der Waals surface area contributed by atoms with Crippen LogP contribution in [0.1, 0.15) is 5.56 Å². The maximum absolute atomic E-state index is 12.5. The topological polar surface area (TPSA) is 83.0 Å². The van der Waals surface area contributed by atoms with Gasteiger partial charge in [0.1, 0.15) is 5.75 Å². The van der Waals surface area contributed by atoms with E-state index in [-0.39, 0.29) is 23.8 Å². The third-order valence-electron chi connectivity index (χ3n) is 4.03.